The van der Waals surface area contributed by atoms with E-state index >= 15 is 0 Å². The Labute approximate surface area is 121 Å². The lowest BCUT2D eigenvalue weighted by atomic mass is 9.57. The smallest absolute Gasteiger partial charge is 0.0408 e. The predicted octanol–water partition coefficient (Wildman–Crippen LogP) is 4.42. The van der Waals surface area contributed by atoms with E-state index in [4.69, 9.17) is 11.6 Å². The van der Waals surface area contributed by atoms with E-state index in [0.29, 0.717) is 0 Å². The molecular formula is C17H24ClN. The fourth-order valence-corrected chi connectivity index (χ4v) is 4.69. The zero-order valence-electron chi connectivity index (χ0n) is 12.0. The summed E-state index contributed by atoms with van der Waals surface area (Å²) in [5.74, 6) is 3.36. The van der Waals surface area contributed by atoms with Gasteiger partial charge in [0.15, 0.2) is 0 Å². The van der Waals surface area contributed by atoms with E-state index in [2.05, 4.69) is 37.2 Å². The molecule has 1 aromatic rings. The molecule has 0 spiro atoms. The van der Waals surface area contributed by atoms with Crippen molar-refractivity contribution in [1.29, 1.82) is 0 Å². The number of benzene rings is 1. The van der Waals surface area contributed by atoms with Crippen LogP contribution in [0.2, 0.25) is 5.02 Å². The van der Waals surface area contributed by atoms with Crippen LogP contribution < -0.4 is 0 Å². The van der Waals surface area contributed by atoms with E-state index in [1.54, 1.807) is 0 Å². The first kappa shape index (κ1) is 13.5. The maximum absolute atomic E-state index is 6.21. The van der Waals surface area contributed by atoms with Crippen LogP contribution in [0.25, 0.3) is 0 Å². The first-order valence-corrected chi connectivity index (χ1v) is 7.93. The van der Waals surface area contributed by atoms with Crippen molar-refractivity contribution in [2.75, 3.05) is 20.6 Å². The Morgan fingerprint density at radius 3 is 2.42 bits per heavy atom. The molecule has 0 amide bonds. The van der Waals surface area contributed by atoms with Gasteiger partial charge in [-0.1, -0.05) is 23.7 Å². The van der Waals surface area contributed by atoms with Gasteiger partial charge < -0.3 is 4.90 Å². The SMILES string of the molecule is CN(C)C[C@H]1C2CCC(CC2)[C@@H]1c1cccc(Cl)c1. The second kappa shape index (κ2) is 5.46. The molecule has 3 aliphatic rings. The quantitative estimate of drug-likeness (QED) is 0.790. The van der Waals surface area contributed by atoms with Crippen molar-refractivity contribution < 1.29 is 0 Å². The molecule has 0 heterocycles. The summed E-state index contributed by atoms with van der Waals surface area (Å²) in [5, 5.41) is 0.891. The number of halogens is 1. The van der Waals surface area contributed by atoms with Gasteiger partial charge in [-0.25, -0.2) is 0 Å². The molecule has 19 heavy (non-hydrogen) atoms. The molecule has 0 radical (unpaired) electrons. The van der Waals surface area contributed by atoms with Crippen molar-refractivity contribution in [3.63, 3.8) is 0 Å². The summed E-state index contributed by atoms with van der Waals surface area (Å²) < 4.78 is 0. The molecule has 3 saturated carbocycles. The minimum atomic E-state index is 0.730. The highest BCUT2D eigenvalue weighted by molar-refractivity contribution is 6.30. The van der Waals surface area contributed by atoms with Gasteiger partial charge in [0.05, 0.1) is 0 Å². The molecule has 0 aliphatic heterocycles. The van der Waals surface area contributed by atoms with Crippen molar-refractivity contribution in [3.05, 3.63) is 34.9 Å². The van der Waals surface area contributed by atoms with Crippen LogP contribution in [0.5, 0.6) is 0 Å². The molecule has 3 fully saturated rings. The number of nitrogens with zero attached hydrogens (tertiary/aromatic N) is 1. The molecule has 1 aromatic carbocycles. The third kappa shape index (κ3) is 2.68. The summed E-state index contributed by atoms with van der Waals surface area (Å²) in [7, 11) is 4.41. The van der Waals surface area contributed by atoms with E-state index in [1.807, 2.05) is 6.07 Å². The van der Waals surface area contributed by atoms with Gasteiger partial charge in [0.2, 0.25) is 0 Å². The zero-order valence-corrected chi connectivity index (χ0v) is 12.7. The fraction of sp³-hybridized carbons (Fsp3) is 0.647. The van der Waals surface area contributed by atoms with Crippen LogP contribution in [0.4, 0.5) is 0 Å². The first-order valence-electron chi connectivity index (χ1n) is 7.55. The number of fused-ring (bicyclic) bond motifs is 3. The molecule has 104 valence electrons. The first-order chi connectivity index (χ1) is 9.15. The van der Waals surface area contributed by atoms with E-state index < -0.39 is 0 Å². The van der Waals surface area contributed by atoms with Gasteiger partial charge >= 0.3 is 0 Å². The van der Waals surface area contributed by atoms with Crippen LogP contribution in [-0.4, -0.2) is 25.5 Å². The summed E-state index contributed by atoms with van der Waals surface area (Å²) in [6.07, 6.45) is 5.73. The largest absolute Gasteiger partial charge is 0.309 e. The van der Waals surface area contributed by atoms with E-state index in [9.17, 15) is 0 Å². The highest BCUT2D eigenvalue weighted by Gasteiger charge is 2.44. The maximum atomic E-state index is 6.21. The van der Waals surface area contributed by atoms with Crippen LogP contribution in [0.3, 0.4) is 0 Å². The van der Waals surface area contributed by atoms with Crippen LogP contribution in [-0.2, 0) is 0 Å². The van der Waals surface area contributed by atoms with E-state index in [-0.39, 0.29) is 0 Å². The Morgan fingerprint density at radius 1 is 1.11 bits per heavy atom. The molecule has 2 atom stereocenters. The van der Waals surface area contributed by atoms with Crippen molar-refractivity contribution in [3.8, 4) is 0 Å². The van der Waals surface area contributed by atoms with Crippen LogP contribution >= 0.6 is 11.6 Å². The topological polar surface area (TPSA) is 3.24 Å². The number of hydrogen-bond donors (Lipinski definition) is 0. The molecule has 3 aliphatic carbocycles. The second-order valence-electron chi connectivity index (χ2n) is 6.68. The lowest BCUT2D eigenvalue weighted by Crippen LogP contribution is -2.43. The lowest BCUT2D eigenvalue weighted by Gasteiger charge is -2.50. The fourth-order valence-electron chi connectivity index (χ4n) is 4.49. The van der Waals surface area contributed by atoms with Crippen molar-refractivity contribution in [2.45, 2.75) is 31.6 Å². The Balaban J connectivity index is 1.91. The minimum Gasteiger partial charge on any atom is -0.309 e. The average Bonchev–Trinajstić information content (AvgIpc) is 2.39. The predicted molar refractivity (Wildman–Crippen MR) is 81.7 cm³/mol. The van der Waals surface area contributed by atoms with Crippen LogP contribution in [0.1, 0.15) is 37.2 Å². The number of hydrogen-bond acceptors (Lipinski definition) is 1. The van der Waals surface area contributed by atoms with E-state index in [1.165, 1.54) is 37.8 Å². The zero-order chi connectivity index (χ0) is 13.4. The van der Waals surface area contributed by atoms with Gasteiger partial charge in [-0.3, -0.25) is 0 Å². The van der Waals surface area contributed by atoms with Crippen LogP contribution in [0.15, 0.2) is 24.3 Å². The summed E-state index contributed by atoms with van der Waals surface area (Å²) in [4.78, 5) is 2.36. The van der Waals surface area contributed by atoms with Crippen molar-refractivity contribution in [1.82, 2.24) is 4.90 Å². The van der Waals surface area contributed by atoms with Crippen molar-refractivity contribution >= 4 is 11.6 Å². The van der Waals surface area contributed by atoms with Gasteiger partial charge in [-0.15, -0.1) is 0 Å². The third-order valence-corrected chi connectivity index (χ3v) is 5.44. The Kier molecular flexibility index (Phi) is 3.86. The Bertz CT molecular complexity index is 435. The summed E-state index contributed by atoms with van der Waals surface area (Å²) in [5.41, 5.74) is 1.48. The highest BCUT2D eigenvalue weighted by Crippen LogP contribution is 2.53. The van der Waals surface area contributed by atoms with Crippen LogP contribution in [0, 0.1) is 17.8 Å². The summed E-state index contributed by atoms with van der Waals surface area (Å²) in [6.45, 7) is 1.22. The van der Waals surface area contributed by atoms with Crippen molar-refractivity contribution in [2.24, 2.45) is 17.8 Å². The molecule has 2 heteroatoms. The molecule has 0 aromatic heterocycles. The van der Waals surface area contributed by atoms with Gasteiger partial charge in [0, 0.05) is 11.6 Å². The molecule has 0 unspecified atom stereocenters. The van der Waals surface area contributed by atoms with Gasteiger partial charge in [-0.05, 0) is 81.1 Å². The molecular weight excluding hydrogens is 254 g/mol. The lowest BCUT2D eigenvalue weighted by molar-refractivity contribution is 0.0507. The molecule has 4 rings (SSSR count). The Hall–Kier alpha value is -0.530. The summed E-state index contributed by atoms with van der Waals surface area (Å²) in [6, 6.07) is 8.61. The maximum Gasteiger partial charge on any atom is 0.0408 e. The van der Waals surface area contributed by atoms with E-state index in [0.717, 1.165) is 28.7 Å². The minimum absolute atomic E-state index is 0.730. The molecule has 0 saturated heterocycles. The molecule has 2 bridgehead atoms. The van der Waals surface area contributed by atoms with Gasteiger partial charge in [-0.2, -0.15) is 0 Å². The highest BCUT2D eigenvalue weighted by atomic mass is 35.5. The standard InChI is InChI=1S/C17H24ClN/c1-19(2)11-16-12-6-8-13(9-7-12)17(16)14-4-3-5-15(18)10-14/h3-5,10,12-13,16-17H,6-9,11H2,1-2H3/t12?,13?,16-,17+/m0/s1. The normalized spacial score (nSPS) is 33.9. The average molecular weight is 278 g/mol. The number of rotatable bonds is 3. The Morgan fingerprint density at radius 2 is 1.79 bits per heavy atom. The molecule has 1 nitrogen and oxygen atoms in total. The second-order valence-corrected chi connectivity index (χ2v) is 7.12. The third-order valence-electron chi connectivity index (χ3n) is 5.20. The van der Waals surface area contributed by atoms with Gasteiger partial charge in [0.25, 0.3) is 0 Å². The molecule has 0 N–H and O–H groups in total. The van der Waals surface area contributed by atoms with Gasteiger partial charge in [0.1, 0.15) is 0 Å². The monoisotopic (exact) mass is 277 g/mol. The summed E-state index contributed by atoms with van der Waals surface area (Å²) >= 11 is 6.21.